The van der Waals surface area contributed by atoms with Crippen LogP contribution >= 0.6 is 0 Å². The van der Waals surface area contributed by atoms with Gasteiger partial charge in [-0.2, -0.15) is 0 Å². The highest BCUT2D eigenvalue weighted by Crippen LogP contribution is 2.44. The Morgan fingerprint density at radius 1 is 1.08 bits per heavy atom. The number of benzene rings is 2. The third-order valence-corrected chi connectivity index (χ3v) is 4.26. The van der Waals surface area contributed by atoms with Crippen LogP contribution in [0.3, 0.4) is 0 Å². The molecule has 0 saturated heterocycles. The Bertz CT molecular complexity index is 671. The van der Waals surface area contributed by atoms with E-state index in [-0.39, 0.29) is 19.1 Å². The van der Waals surface area contributed by atoms with Gasteiger partial charge in [0.05, 0.1) is 0 Å². The summed E-state index contributed by atoms with van der Waals surface area (Å²) in [7, 11) is 0. The minimum Gasteiger partial charge on any atom is -0.448 e. The Kier molecular flexibility index (Phi) is 5.13. The molecule has 2 aromatic rings. The van der Waals surface area contributed by atoms with E-state index in [1.165, 1.54) is 11.1 Å². The minimum absolute atomic E-state index is 0.00210. The zero-order valence-electron chi connectivity index (χ0n) is 13.3. The third kappa shape index (κ3) is 3.42. The first kappa shape index (κ1) is 16.5. The molecule has 5 nitrogen and oxygen atoms in total. The predicted molar refractivity (Wildman–Crippen MR) is 90.5 cm³/mol. The molecule has 0 fully saturated rings. The van der Waals surface area contributed by atoms with Crippen molar-refractivity contribution in [1.29, 1.82) is 0 Å². The van der Waals surface area contributed by atoms with E-state index in [1.807, 2.05) is 24.3 Å². The largest absolute Gasteiger partial charge is 0.448 e. The summed E-state index contributed by atoms with van der Waals surface area (Å²) in [6.45, 7) is 0.190. The van der Waals surface area contributed by atoms with Crippen LogP contribution in [0.4, 0.5) is 4.79 Å². The molecule has 0 aliphatic heterocycles. The number of carbonyl (C=O) groups excluding carboxylic acids is 1. The van der Waals surface area contributed by atoms with Crippen LogP contribution in [-0.4, -0.2) is 35.7 Å². The molecular formula is C19H21NO4. The molecule has 1 aliphatic carbocycles. The quantitative estimate of drug-likeness (QED) is 0.713. The van der Waals surface area contributed by atoms with E-state index in [0.717, 1.165) is 11.1 Å². The Balaban J connectivity index is 1.66. The van der Waals surface area contributed by atoms with Gasteiger partial charge in [-0.15, -0.1) is 0 Å². The number of aliphatic hydroxyl groups is 2. The second kappa shape index (κ2) is 7.47. The van der Waals surface area contributed by atoms with Crippen LogP contribution in [0.5, 0.6) is 0 Å². The molecule has 1 aliphatic rings. The van der Waals surface area contributed by atoms with Gasteiger partial charge < -0.3 is 14.9 Å². The molecule has 0 bridgehead atoms. The summed E-state index contributed by atoms with van der Waals surface area (Å²) in [5.41, 5.74) is 4.63. The molecule has 3 N–H and O–H groups in total. The molecule has 1 unspecified atom stereocenters. The number of ether oxygens (including phenoxy) is 1. The van der Waals surface area contributed by atoms with Gasteiger partial charge in [0.2, 0.25) is 0 Å². The third-order valence-electron chi connectivity index (χ3n) is 4.26. The van der Waals surface area contributed by atoms with Crippen LogP contribution in [0.2, 0.25) is 0 Å². The highest BCUT2D eigenvalue weighted by Gasteiger charge is 2.29. The van der Waals surface area contributed by atoms with Gasteiger partial charge in [-0.1, -0.05) is 48.5 Å². The molecule has 0 saturated carbocycles. The molecule has 126 valence electrons. The van der Waals surface area contributed by atoms with Crippen LogP contribution in [-0.2, 0) is 4.74 Å². The summed E-state index contributed by atoms with van der Waals surface area (Å²) < 4.78 is 5.32. The molecule has 3 rings (SSSR count). The normalized spacial score (nSPS) is 13.9. The molecule has 0 aromatic heterocycles. The van der Waals surface area contributed by atoms with E-state index >= 15 is 0 Å². The Morgan fingerprint density at radius 2 is 1.67 bits per heavy atom. The summed E-state index contributed by atoms with van der Waals surface area (Å²) >= 11 is 0. The van der Waals surface area contributed by atoms with E-state index < -0.39 is 12.3 Å². The van der Waals surface area contributed by atoms with E-state index in [2.05, 4.69) is 29.6 Å². The zero-order chi connectivity index (χ0) is 16.9. The van der Waals surface area contributed by atoms with Crippen molar-refractivity contribution in [3.8, 4) is 11.1 Å². The van der Waals surface area contributed by atoms with Crippen molar-refractivity contribution in [3.05, 3.63) is 59.7 Å². The predicted octanol–water partition coefficient (Wildman–Crippen LogP) is 2.62. The SMILES string of the molecule is O=C(NC(O)CCCO)OCC1c2ccccc2-c2ccccc21. The fourth-order valence-electron chi connectivity index (χ4n) is 3.13. The van der Waals surface area contributed by atoms with Crippen molar-refractivity contribution in [2.24, 2.45) is 0 Å². The van der Waals surface area contributed by atoms with Gasteiger partial charge in [-0.25, -0.2) is 4.79 Å². The lowest BCUT2D eigenvalue weighted by atomic mass is 9.98. The number of hydrogen-bond donors (Lipinski definition) is 3. The number of nitrogens with one attached hydrogen (secondary N) is 1. The molecule has 1 atom stereocenters. The van der Waals surface area contributed by atoms with Gasteiger partial charge in [0.25, 0.3) is 0 Å². The average Bonchev–Trinajstić information content (AvgIpc) is 2.92. The van der Waals surface area contributed by atoms with Gasteiger partial charge in [0.15, 0.2) is 0 Å². The van der Waals surface area contributed by atoms with Gasteiger partial charge in [-0.3, -0.25) is 5.32 Å². The van der Waals surface area contributed by atoms with Crippen molar-refractivity contribution in [2.45, 2.75) is 25.0 Å². The Morgan fingerprint density at radius 3 is 2.25 bits per heavy atom. The van der Waals surface area contributed by atoms with Crippen LogP contribution in [0.25, 0.3) is 11.1 Å². The molecular weight excluding hydrogens is 306 g/mol. The lowest BCUT2D eigenvalue weighted by molar-refractivity contribution is 0.0879. The van der Waals surface area contributed by atoms with Gasteiger partial charge in [-0.05, 0) is 35.1 Å². The fourth-order valence-corrected chi connectivity index (χ4v) is 3.13. The Hall–Kier alpha value is -2.37. The van der Waals surface area contributed by atoms with Crippen molar-refractivity contribution in [1.82, 2.24) is 5.32 Å². The highest BCUT2D eigenvalue weighted by atomic mass is 16.6. The first-order valence-electron chi connectivity index (χ1n) is 8.11. The number of alkyl carbamates (subject to hydrolysis) is 1. The maximum absolute atomic E-state index is 11.8. The number of carbonyl (C=O) groups is 1. The number of hydrogen-bond acceptors (Lipinski definition) is 4. The number of amides is 1. The first-order valence-corrected chi connectivity index (χ1v) is 8.11. The minimum atomic E-state index is -1.01. The second-order valence-electron chi connectivity index (χ2n) is 5.85. The smallest absolute Gasteiger partial charge is 0.409 e. The maximum atomic E-state index is 11.8. The summed E-state index contributed by atoms with van der Waals surface area (Å²) in [4.78, 5) is 11.8. The monoisotopic (exact) mass is 327 g/mol. The lowest BCUT2D eigenvalue weighted by Crippen LogP contribution is -2.35. The maximum Gasteiger partial charge on any atom is 0.409 e. The van der Waals surface area contributed by atoms with Crippen molar-refractivity contribution < 1.29 is 19.7 Å². The van der Waals surface area contributed by atoms with Crippen LogP contribution in [0.1, 0.15) is 29.9 Å². The fraction of sp³-hybridized carbons (Fsp3) is 0.316. The topological polar surface area (TPSA) is 78.8 Å². The van der Waals surface area contributed by atoms with Crippen molar-refractivity contribution in [3.63, 3.8) is 0 Å². The summed E-state index contributed by atoms with van der Waals surface area (Å²) in [5.74, 6) is -0.00210. The summed E-state index contributed by atoms with van der Waals surface area (Å²) in [6, 6.07) is 16.2. The van der Waals surface area contributed by atoms with Crippen molar-refractivity contribution >= 4 is 6.09 Å². The van der Waals surface area contributed by atoms with Gasteiger partial charge in [0.1, 0.15) is 12.8 Å². The zero-order valence-corrected chi connectivity index (χ0v) is 13.3. The molecule has 0 radical (unpaired) electrons. The average molecular weight is 327 g/mol. The molecule has 2 aromatic carbocycles. The number of rotatable bonds is 6. The van der Waals surface area contributed by atoms with E-state index in [0.29, 0.717) is 12.8 Å². The van der Waals surface area contributed by atoms with E-state index in [1.54, 1.807) is 0 Å². The highest BCUT2D eigenvalue weighted by molar-refractivity contribution is 5.79. The van der Waals surface area contributed by atoms with Crippen LogP contribution in [0.15, 0.2) is 48.5 Å². The molecule has 0 heterocycles. The number of aliphatic hydroxyl groups excluding tert-OH is 2. The second-order valence-corrected chi connectivity index (χ2v) is 5.85. The lowest BCUT2D eigenvalue weighted by Gasteiger charge is -2.16. The van der Waals surface area contributed by atoms with E-state index in [9.17, 15) is 9.90 Å². The van der Waals surface area contributed by atoms with Gasteiger partial charge >= 0.3 is 6.09 Å². The first-order chi connectivity index (χ1) is 11.7. The van der Waals surface area contributed by atoms with Gasteiger partial charge in [0, 0.05) is 12.5 Å². The van der Waals surface area contributed by atoms with Crippen LogP contribution < -0.4 is 5.32 Å². The summed E-state index contributed by atoms with van der Waals surface area (Å²) in [5, 5.41) is 20.7. The molecule has 5 heteroatoms. The van der Waals surface area contributed by atoms with E-state index in [4.69, 9.17) is 9.84 Å². The number of fused-ring (bicyclic) bond motifs is 3. The molecule has 1 amide bonds. The summed E-state index contributed by atoms with van der Waals surface area (Å²) in [6.07, 6.45) is -0.944. The molecule has 0 spiro atoms. The standard InChI is InChI=1S/C19H21NO4/c21-11-5-10-18(22)20-19(23)24-12-17-15-8-3-1-6-13(15)14-7-2-4-9-16(14)17/h1-4,6-9,17-18,21-22H,5,10-12H2,(H,20,23). The Labute approximate surface area is 140 Å². The molecule has 24 heavy (non-hydrogen) atoms. The van der Waals surface area contributed by atoms with Crippen LogP contribution in [0, 0.1) is 0 Å². The van der Waals surface area contributed by atoms with Crippen molar-refractivity contribution in [2.75, 3.05) is 13.2 Å².